The molecule has 9 heteroatoms. The molecule has 0 atom stereocenters. The molecule has 3 aromatic rings. The maximum Gasteiger partial charge on any atom is 0.290 e. The summed E-state index contributed by atoms with van der Waals surface area (Å²) in [5.41, 5.74) is 2.45. The lowest BCUT2D eigenvalue weighted by molar-refractivity contribution is -0.122. The molecule has 0 fully saturated rings. The SMILES string of the molecule is CN(Cc1nnc(-c2ccccc2)o1)C(=O)c1ccc2c(n1)N(C)CC2.O=CO. The maximum absolute atomic E-state index is 12.7. The summed E-state index contributed by atoms with van der Waals surface area (Å²) in [7, 11) is 3.69. The van der Waals surface area contributed by atoms with Crippen molar-refractivity contribution in [3.63, 3.8) is 0 Å². The Morgan fingerprint density at radius 3 is 2.69 bits per heavy atom. The van der Waals surface area contributed by atoms with Gasteiger partial charge in [0.15, 0.2) is 0 Å². The Morgan fingerprint density at radius 2 is 1.97 bits per heavy atom. The van der Waals surface area contributed by atoms with E-state index in [4.69, 9.17) is 14.3 Å². The number of hydrogen-bond donors (Lipinski definition) is 1. The third-order valence-electron chi connectivity index (χ3n) is 4.46. The Kier molecular flexibility index (Phi) is 6.18. The first-order chi connectivity index (χ1) is 14.0. The molecule has 3 heterocycles. The molecule has 29 heavy (non-hydrogen) atoms. The zero-order valence-electron chi connectivity index (χ0n) is 16.1. The van der Waals surface area contributed by atoms with Crippen molar-refractivity contribution in [3.05, 3.63) is 59.6 Å². The van der Waals surface area contributed by atoms with Gasteiger partial charge >= 0.3 is 0 Å². The largest absolute Gasteiger partial charge is 0.483 e. The molecule has 2 aromatic heterocycles. The van der Waals surface area contributed by atoms with Crippen LogP contribution < -0.4 is 4.90 Å². The van der Waals surface area contributed by atoms with Gasteiger partial charge in [-0.2, -0.15) is 0 Å². The molecule has 1 aliphatic rings. The standard InChI is InChI=1S/C19H19N5O2.CH2O2/c1-23-11-10-13-8-9-15(20-17(13)23)19(25)24(2)12-16-21-22-18(26-16)14-6-4-3-5-7-14;2-1-3/h3-9H,10-12H2,1-2H3;1H,(H,2,3). The maximum atomic E-state index is 12.7. The van der Waals surface area contributed by atoms with E-state index >= 15 is 0 Å². The molecule has 1 N–H and O–H groups in total. The summed E-state index contributed by atoms with van der Waals surface area (Å²) in [6.07, 6.45) is 0.966. The third-order valence-corrected chi connectivity index (χ3v) is 4.46. The minimum absolute atomic E-state index is 0.174. The Labute approximate surface area is 167 Å². The van der Waals surface area contributed by atoms with Crippen LogP contribution in [0.15, 0.2) is 46.9 Å². The van der Waals surface area contributed by atoms with Gasteiger partial charge in [-0.05, 0) is 30.2 Å². The monoisotopic (exact) mass is 395 g/mol. The van der Waals surface area contributed by atoms with Gasteiger partial charge in [-0.3, -0.25) is 9.59 Å². The van der Waals surface area contributed by atoms with Crippen LogP contribution >= 0.6 is 0 Å². The first kappa shape index (κ1) is 20.0. The first-order valence-electron chi connectivity index (χ1n) is 8.95. The van der Waals surface area contributed by atoms with Crippen LogP contribution in [0.3, 0.4) is 0 Å². The lowest BCUT2D eigenvalue weighted by Gasteiger charge is -2.16. The second-order valence-corrected chi connectivity index (χ2v) is 6.48. The molecular formula is C20H21N5O4. The Hall–Kier alpha value is -3.75. The van der Waals surface area contributed by atoms with Gasteiger partial charge in [-0.15, -0.1) is 10.2 Å². The van der Waals surface area contributed by atoms with Crippen molar-refractivity contribution in [1.82, 2.24) is 20.1 Å². The summed E-state index contributed by atoms with van der Waals surface area (Å²) in [5.74, 6) is 1.54. The number of anilines is 1. The number of hydrogen-bond acceptors (Lipinski definition) is 7. The molecule has 9 nitrogen and oxygen atoms in total. The minimum Gasteiger partial charge on any atom is -0.483 e. The van der Waals surface area contributed by atoms with Gasteiger partial charge < -0.3 is 19.3 Å². The van der Waals surface area contributed by atoms with Crippen LogP contribution in [0.25, 0.3) is 11.5 Å². The number of rotatable bonds is 4. The number of benzene rings is 1. The van der Waals surface area contributed by atoms with Crippen LogP contribution in [-0.4, -0.2) is 58.2 Å². The molecule has 0 unspecified atom stereocenters. The van der Waals surface area contributed by atoms with E-state index in [-0.39, 0.29) is 18.9 Å². The molecule has 4 rings (SSSR count). The zero-order valence-corrected chi connectivity index (χ0v) is 16.1. The Bertz CT molecular complexity index is 990. The number of pyridine rings is 1. The summed E-state index contributed by atoms with van der Waals surface area (Å²) >= 11 is 0. The van der Waals surface area contributed by atoms with Gasteiger partial charge in [-0.1, -0.05) is 24.3 Å². The van der Waals surface area contributed by atoms with Crippen LogP contribution in [0.1, 0.15) is 21.9 Å². The molecular weight excluding hydrogens is 374 g/mol. The molecule has 150 valence electrons. The number of carbonyl (C=O) groups excluding carboxylic acids is 1. The van der Waals surface area contributed by atoms with E-state index in [1.807, 2.05) is 43.4 Å². The fraction of sp³-hybridized carbons (Fsp3) is 0.250. The topological polar surface area (TPSA) is 113 Å². The second kappa shape index (κ2) is 8.96. The van der Waals surface area contributed by atoms with E-state index in [1.165, 1.54) is 10.5 Å². The van der Waals surface area contributed by atoms with Crippen LogP contribution in [0.4, 0.5) is 5.82 Å². The van der Waals surface area contributed by atoms with Crippen LogP contribution in [-0.2, 0) is 17.8 Å². The van der Waals surface area contributed by atoms with Crippen molar-refractivity contribution >= 4 is 18.2 Å². The van der Waals surface area contributed by atoms with Crippen molar-refractivity contribution in [2.45, 2.75) is 13.0 Å². The van der Waals surface area contributed by atoms with E-state index in [1.54, 1.807) is 13.1 Å². The predicted molar refractivity (Wildman–Crippen MR) is 105 cm³/mol. The van der Waals surface area contributed by atoms with E-state index in [0.29, 0.717) is 17.5 Å². The third kappa shape index (κ3) is 4.57. The Morgan fingerprint density at radius 1 is 1.24 bits per heavy atom. The van der Waals surface area contributed by atoms with Gasteiger partial charge in [0.25, 0.3) is 12.4 Å². The smallest absolute Gasteiger partial charge is 0.290 e. The molecule has 1 aromatic carbocycles. The molecule has 0 bridgehead atoms. The van der Waals surface area contributed by atoms with E-state index in [0.717, 1.165) is 24.3 Å². The van der Waals surface area contributed by atoms with Gasteiger partial charge in [0, 0.05) is 26.2 Å². The Balaban J connectivity index is 0.000000755. The molecule has 0 radical (unpaired) electrons. The highest BCUT2D eigenvalue weighted by Gasteiger charge is 2.22. The number of likely N-dealkylation sites (N-methyl/N-ethyl adjacent to an activating group) is 1. The first-order valence-corrected chi connectivity index (χ1v) is 8.95. The minimum atomic E-state index is -0.250. The quantitative estimate of drug-likeness (QED) is 0.668. The zero-order chi connectivity index (χ0) is 20.8. The van der Waals surface area contributed by atoms with Crippen LogP contribution in [0.5, 0.6) is 0 Å². The highest BCUT2D eigenvalue weighted by molar-refractivity contribution is 5.92. The summed E-state index contributed by atoms with van der Waals surface area (Å²) in [5, 5.41) is 15.0. The number of aromatic nitrogens is 3. The van der Waals surface area contributed by atoms with Crippen molar-refractivity contribution in [2.75, 3.05) is 25.5 Å². The summed E-state index contributed by atoms with van der Waals surface area (Å²) in [4.78, 5) is 29.2. The van der Waals surface area contributed by atoms with E-state index < -0.39 is 0 Å². The molecule has 0 saturated heterocycles. The number of amides is 1. The summed E-state index contributed by atoms with van der Waals surface area (Å²) in [6, 6.07) is 13.3. The second-order valence-electron chi connectivity index (χ2n) is 6.48. The molecule has 0 saturated carbocycles. The molecule has 0 aliphatic carbocycles. The average molecular weight is 395 g/mol. The van der Waals surface area contributed by atoms with Crippen molar-refractivity contribution in [2.24, 2.45) is 0 Å². The van der Waals surface area contributed by atoms with Gasteiger partial charge in [0.05, 0.1) is 6.54 Å². The van der Waals surface area contributed by atoms with Crippen molar-refractivity contribution in [3.8, 4) is 11.5 Å². The highest BCUT2D eigenvalue weighted by atomic mass is 16.4. The van der Waals surface area contributed by atoms with Crippen LogP contribution in [0.2, 0.25) is 0 Å². The average Bonchev–Trinajstić information content (AvgIpc) is 3.35. The highest BCUT2D eigenvalue weighted by Crippen LogP contribution is 2.25. The van der Waals surface area contributed by atoms with Gasteiger partial charge in [0.1, 0.15) is 11.5 Å². The van der Waals surface area contributed by atoms with Crippen molar-refractivity contribution in [1.29, 1.82) is 0 Å². The fourth-order valence-corrected chi connectivity index (χ4v) is 3.00. The van der Waals surface area contributed by atoms with Gasteiger partial charge in [-0.25, -0.2) is 4.98 Å². The van der Waals surface area contributed by atoms with Gasteiger partial charge in [0.2, 0.25) is 11.8 Å². The van der Waals surface area contributed by atoms with Crippen LogP contribution in [0, 0.1) is 0 Å². The number of carbonyl (C=O) groups is 2. The lowest BCUT2D eigenvalue weighted by atomic mass is 10.2. The predicted octanol–water partition coefficient (Wildman–Crippen LogP) is 2.10. The van der Waals surface area contributed by atoms with E-state index in [9.17, 15) is 4.79 Å². The summed E-state index contributed by atoms with van der Waals surface area (Å²) in [6.45, 7) is 0.910. The lowest BCUT2D eigenvalue weighted by Crippen LogP contribution is -2.27. The number of carboxylic acid groups (broad SMARTS) is 1. The number of nitrogens with zero attached hydrogens (tertiary/aromatic N) is 5. The number of fused-ring (bicyclic) bond motifs is 1. The normalized spacial score (nSPS) is 12.0. The fourth-order valence-electron chi connectivity index (χ4n) is 3.00. The molecule has 1 aliphatic heterocycles. The molecule has 0 spiro atoms. The molecule has 1 amide bonds. The summed E-state index contributed by atoms with van der Waals surface area (Å²) < 4.78 is 5.67. The van der Waals surface area contributed by atoms with E-state index in [2.05, 4.69) is 20.1 Å². The van der Waals surface area contributed by atoms with Crippen molar-refractivity contribution < 1.29 is 19.1 Å².